The average Bonchev–Trinajstić information content (AvgIpc) is 3.23. The summed E-state index contributed by atoms with van der Waals surface area (Å²) in [5.74, 6) is 0.0959. The molecule has 3 heterocycles. The number of carbonyl (C=O) groups is 1. The van der Waals surface area contributed by atoms with E-state index in [0.29, 0.717) is 16.0 Å². The molecule has 1 amide bonds. The molecule has 0 aliphatic carbocycles. The molecular formula is C19H24Cl2N4O. The average molecular weight is 395 g/mol. The summed E-state index contributed by atoms with van der Waals surface area (Å²) in [7, 11) is 0. The van der Waals surface area contributed by atoms with E-state index in [1.807, 2.05) is 36.1 Å². The van der Waals surface area contributed by atoms with Crippen LogP contribution in [0.2, 0.25) is 5.02 Å². The van der Waals surface area contributed by atoms with Gasteiger partial charge in [-0.3, -0.25) is 4.79 Å². The number of carbonyl (C=O) groups excluding carboxylic acids is 1. The minimum atomic E-state index is 0. The van der Waals surface area contributed by atoms with Crippen LogP contribution in [0.25, 0.3) is 5.69 Å². The molecule has 0 saturated carbocycles. The Labute approximate surface area is 165 Å². The lowest BCUT2D eigenvalue weighted by atomic mass is 9.78. The minimum Gasteiger partial charge on any atom is -0.338 e. The van der Waals surface area contributed by atoms with Gasteiger partial charge in [-0.1, -0.05) is 11.6 Å². The first-order valence-electron chi connectivity index (χ1n) is 8.89. The van der Waals surface area contributed by atoms with Crippen LogP contribution in [-0.2, 0) is 0 Å². The van der Waals surface area contributed by atoms with E-state index in [2.05, 4.69) is 10.4 Å². The van der Waals surface area contributed by atoms with Crippen molar-refractivity contribution < 1.29 is 4.79 Å². The second kappa shape index (κ2) is 7.59. The number of hydrogen-bond acceptors (Lipinski definition) is 3. The molecule has 2 fully saturated rings. The third kappa shape index (κ3) is 3.48. The minimum absolute atomic E-state index is 0. The maximum absolute atomic E-state index is 13.0. The van der Waals surface area contributed by atoms with Crippen LogP contribution in [0.15, 0.2) is 30.5 Å². The second-order valence-corrected chi connectivity index (χ2v) is 7.69. The summed E-state index contributed by atoms with van der Waals surface area (Å²) in [6, 6.07) is 7.49. The Morgan fingerprint density at radius 2 is 1.88 bits per heavy atom. The zero-order valence-corrected chi connectivity index (χ0v) is 16.4. The van der Waals surface area contributed by atoms with Gasteiger partial charge in [-0.05, 0) is 62.4 Å². The Morgan fingerprint density at radius 3 is 2.50 bits per heavy atom. The van der Waals surface area contributed by atoms with Gasteiger partial charge in [0.15, 0.2) is 0 Å². The molecule has 140 valence electrons. The third-order valence-electron chi connectivity index (χ3n) is 5.75. The number of benzene rings is 1. The van der Waals surface area contributed by atoms with Crippen molar-refractivity contribution in [2.45, 2.75) is 26.2 Å². The number of likely N-dealkylation sites (tertiary alicyclic amines) is 1. The highest BCUT2D eigenvalue weighted by Gasteiger charge is 2.38. The number of aromatic nitrogens is 2. The highest BCUT2D eigenvalue weighted by molar-refractivity contribution is 6.30. The second-order valence-electron chi connectivity index (χ2n) is 7.25. The van der Waals surface area contributed by atoms with Crippen molar-refractivity contribution in [2.75, 3.05) is 26.2 Å². The van der Waals surface area contributed by atoms with Gasteiger partial charge in [-0.15, -0.1) is 12.4 Å². The largest absolute Gasteiger partial charge is 0.338 e. The molecule has 0 bridgehead atoms. The van der Waals surface area contributed by atoms with Crippen LogP contribution in [0.5, 0.6) is 0 Å². The molecular weight excluding hydrogens is 371 g/mol. The number of amides is 1. The van der Waals surface area contributed by atoms with E-state index in [4.69, 9.17) is 11.6 Å². The van der Waals surface area contributed by atoms with E-state index in [0.717, 1.165) is 50.4 Å². The van der Waals surface area contributed by atoms with Gasteiger partial charge in [0.05, 0.1) is 23.1 Å². The first-order chi connectivity index (χ1) is 12.1. The van der Waals surface area contributed by atoms with Crippen molar-refractivity contribution in [3.63, 3.8) is 0 Å². The summed E-state index contributed by atoms with van der Waals surface area (Å²) in [5.41, 5.74) is 2.89. The predicted octanol–water partition coefficient (Wildman–Crippen LogP) is 3.47. The lowest BCUT2D eigenvalue weighted by Crippen LogP contribution is -2.44. The molecule has 1 aromatic heterocycles. The lowest BCUT2D eigenvalue weighted by molar-refractivity contribution is 0.0607. The van der Waals surface area contributed by atoms with Crippen LogP contribution in [0.1, 0.15) is 35.3 Å². The van der Waals surface area contributed by atoms with Crippen LogP contribution in [0.3, 0.4) is 0 Å². The van der Waals surface area contributed by atoms with Gasteiger partial charge in [0.1, 0.15) is 0 Å². The summed E-state index contributed by atoms with van der Waals surface area (Å²) in [6.45, 7) is 5.84. The Bertz CT molecular complexity index is 771. The van der Waals surface area contributed by atoms with Crippen molar-refractivity contribution in [1.82, 2.24) is 20.0 Å². The fourth-order valence-corrected chi connectivity index (χ4v) is 4.16. The molecule has 2 aliphatic rings. The third-order valence-corrected chi connectivity index (χ3v) is 6.01. The first kappa shape index (κ1) is 19.2. The van der Waals surface area contributed by atoms with Gasteiger partial charge in [-0.2, -0.15) is 5.10 Å². The van der Waals surface area contributed by atoms with E-state index in [9.17, 15) is 4.79 Å². The predicted molar refractivity (Wildman–Crippen MR) is 106 cm³/mol. The smallest absolute Gasteiger partial charge is 0.257 e. The Morgan fingerprint density at radius 1 is 1.19 bits per heavy atom. The Kier molecular flexibility index (Phi) is 5.61. The van der Waals surface area contributed by atoms with Gasteiger partial charge in [-0.25, -0.2) is 4.68 Å². The van der Waals surface area contributed by atoms with Crippen LogP contribution in [0.4, 0.5) is 0 Å². The summed E-state index contributed by atoms with van der Waals surface area (Å²) >= 11 is 5.95. The molecule has 2 saturated heterocycles. The van der Waals surface area contributed by atoms with Gasteiger partial charge >= 0.3 is 0 Å². The highest BCUT2D eigenvalue weighted by Crippen LogP contribution is 2.37. The van der Waals surface area contributed by atoms with E-state index in [1.54, 1.807) is 10.9 Å². The SMILES string of the molecule is Cc1c(C(=O)N2CCC3(CCNC3)CC2)cnn1-c1ccc(Cl)cc1.Cl. The summed E-state index contributed by atoms with van der Waals surface area (Å²) in [6.07, 6.45) is 5.11. The maximum atomic E-state index is 13.0. The molecule has 1 N–H and O–H groups in total. The topological polar surface area (TPSA) is 50.2 Å². The lowest BCUT2D eigenvalue weighted by Gasteiger charge is -2.38. The quantitative estimate of drug-likeness (QED) is 0.847. The standard InChI is InChI=1S/C19H23ClN4O.ClH/c1-14-17(12-22-24(14)16-4-2-15(20)3-5-16)18(25)23-10-7-19(8-11-23)6-9-21-13-19;/h2-5,12,21H,6-11,13H2,1H3;1H. The molecule has 2 aliphatic heterocycles. The van der Waals surface area contributed by atoms with Crippen LogP contribution in [0, 0.1) is 12.3 Å². The molecule has 1 aromatic carbocycles. The fraction of sp³-hybridized carbons (Fsp3) is 0.474. The molecule has 4 rings (SSSR count). The molecule has 1 spiro atoms. The summed E-state index contributed by atoms with van der Waals surface area (Å²) < 4.78 is 1.80. The van der Waals surface area contributed by atoms with Gasteiger partial charge in [0.2, 0.25) is 0 Å². The molecule has 0 unspecified atom stereocenters. The van der Waals surface area contributed by atoms with Crippen LogP contribution < -0.4 is 5.32 Å². The van der Waals surface area contributed by atoms with E-state index < -0.39 is 0 Å². The summed E-state index contributed by atoms with van der Waals surface area (Å²) in [5, 5.41) is 8.57. The molecule has 26 heavy (non-hydrogen) atoms. The number of nitrogens with zero attached hydrogens (tertiary/aromatic N) is 3. The molecule has 0 atom stereocenters. The van der Waals surface area contributed by atoms with E-state index in [1.165, 1.54) is 6.42 Å². The van der Waals surface area contributed by atoms with Crippen molar-refractivity contribution in [1.29, 1.82) is 0 Å². The Hall–Kier alpha value is -1.56. The zero-order chi connectivity index (χ0) is 17.4. The number of halogens is 2. The normalized spacial score (nSPS) is 18.8. The van der Waals surface area contributed by atoms with Gasteiger partial charge in [0, 0.05) is 24.7 Å². The molecule has 2 aromatic rings. The molecule has 5 nitrogen and oxygen atoms in total. The van der Waals surface area contributed by atoms with Crippen LogP contribution in [-0.4, -0.2) is 46.8 Å². The van der Waals surface area contributed by atoms with E-state index >= 15 is 0 Å². The van der Waals surface area contributed by atoms with Gasteiger partial charge < -0.3 is 10.2 Å². The van der Waals surface area contributed by atoms with Gasteiger partial charge in [0.25, 0.3) is 5.91 Å². The Balaban J connectivity index is 0.00000196. The first-order valence-corrected chi connectivity index (χ1v) is 9.26. The number of piperidine rings is 1. The zero-order valence-electron chi connectivity index (χ0n) is 14.9. The van der Waals surface area contributed by atoms with E-state index in [-0.39, 0.29) is 18.3 Å². The fourth-order valence-electron chi connectivity index (χ4n) is 4.04. The summed E-state index contributed by atoms with van der Waals surface area (Å²) in [4.78, 5) is 14.9. The van der Waals surface area contributed by atoms with Crippen molar-refractivity contribution in [3.8, 4) is 5.69 Å². The molecule has 0 radical (unpaired) electrons. The highest BCUT2D eigenvalue weighted by atomic mass is 35.5. The number of hydrogen-bond donors (Lipinski definition) is 1. The van der Waals surface area contributed by atoms with Crippen LogP contribution >= 0.6 is 24.0 Å². The maximum Gasteiger partial charge on any atom is 0.257 e. The van der Waals surface area contributed by atoms with Crippen molar-refractivity contribution in [2.24, 2.45) is 5.41 Å². The number of nitrogens with one attached hydrogen (secondary N) is 1. The van der Waals surface area contributed by atoms with Crippen molar-refractivity contribution >= 4 is 29.9 Å². The number of rotatable bonds is 2. The molecule has 7 heteroatoms. The monoisotopic (exact) mass is 394 g/mol. The van der Waals surface area contributed by atoms with Crippen molar-refractivity contribution in [3.05, 3.63) is 46.7 Å².